The van der Waals surface area contributed by atoms with E-state index in [1.165, 1.54) is 11.8 Å². The molecule has 1 unspecified atom stereocenters. The fraction of sp³-hybridized carbons (Fsp3) is 0.192. The fourth-order valence-corrected chi connectivity index (χ4v) is 4.93. The number of anilines is 1. The van der Waals surface area contributed by atoms with Gasteiger partial charge in [0.25, 0.3) is 0 Å². The number of hydrogen-bond donors (Lipinski definition) is 1. The maximum Gasteiger partial charge on any atom is 0.234 e. The molecule has 180 valence electrons. The zero-order valence-electron chi connectivity index (χ0n) is 19.5. The Balaban J connectivity index is 1.55. The minimum Gasteiger partial charge on any atom is -0.481 e. The predicted octanol–water partition coefficient (Wildman–Crippen LogP) is 7.17. The summed E-state index contributed by atoms with van der Waals surface area (Å²) < 4.78 is 8.85. The number of thioether (sulfide) groups is 1. The number of rotatable bonds is 8. The van der Waals surface area contributed by atoms with E-state index in [2.05, 4.69) is 31.4 Å². The second kappa shape index (κ2) is 11.3. The second-order valence-electron chi connectivity index (χ2n) is 7.96. The first kappa shape index (κ1) is 25.3. The van der Waals surface area contributed by atoms with Crippen molar-refractivity contribution in [2.24, 2.45) is 0 Å². The largest absolute Gasteiger partial charge is 0.481 e. The molecule has 4 aromatic rings. The maximum absolute atomic E-state index is 12.8. The predicted molar refractivity (Wildman–Crippen MR) is 145 cm³/mol. The number of benzene rings is 3. The topological polar surface area (TPSA) is 69.0 Å². The number of halogens is 2. The molecule has 1 aromatic heterocycles. The number of carbonyl (C=O) groups is 1. The highest BCUT2D eigenvalue weighted by molar-refractivity contribution is 9.10. The summed E-state index contributed by atoms with van der Waals surface area (Å²) in [5, 5.41) is 12.9. The van der Waals surface area contributed by atoms with Crippen LogP contribution in [0.15, 0.2) is 76.4 Å². The highest BCUT2D eigenvalue weighted by Gasteiger charge is 2.22. The van der Waals surface area contributed by atoms with Crippen LogP contribution in [0.4, 0.5) is 5.69 Å². The lowest BCUT2D eigenvalue weighted by molar-refractivity contribution is -0.113. The zero-order valence-corrected chi connectivity index (χ0v) is 22.6. The normalized spacial score (nSPS) is 11.8. The number of hydrogen-bond acceptors (Lipinski definition) is 5. The molecule has 1 amide bonds. The molecule has 0 spiro atoms. The average molecular weight is 572 g/mol. The van der Waals surface area contributed by atoms with Gasteiger partial charge >= 0.3 is 0 Å². The summed E-state index contributed by atoms with van der Waals surface area (Å²) in [7, 11) is 0. The molecule has 0 aliphatic heterocycles. The molecule has 4 rings (SSSR count). The molecule has 1 heterocycles. The molecule has 0 fully saturated rings. The maximum atomic E-state index is 12.8. The second-order valence-corrected chi connectivity index (χ2v) is 10.2. The number of amides is 1. The van der Waals surface area contributed by atoms with Crippen LogP contribution in [0.3, 0.4) is 0 Å². The van der Waals surface area contributed by atoms with E-state index < -0.39 is 6.10 Å². The van der Waals surface area contributed by atoms with Gasteiger partial charge in [-0.25, -0.2) is 0 Å². The third kappa shape index (κ3) is 6.07. The van der Waals surface area contributed by atoms with E-state index in [-0.39, 0.29) is 11.7 Å². The molecular formula is C26H24BrClN4O2S. The van der Waals surface area contributed by atoms with Crippen molar-refractivity contribution in [1.29, 1.82) is 0 Å². The van der Waals surface area contributed by atoms with Gasteiger partial charge in [-0.1, -0.05) is 53.7 Å². The lowest BCUT2D eigenvalue weighted by Crippen LogP contribution is -2.16. The average Bonchev–Trinajstić information content (AvgIpc) is 3.27. The number of ether oxygens (including phenoxy) is 1. The van der Waals surface area contributed by atoms with Crippen LogP contribution in [0, 0.1) is 13.8 Å². The van der Waals surface area contributed by atoms with E-state index in [0.717, 1.165) is 27.0 Å². The summed E-state index contributed by atoms with van der Waals surface area (Å²) in [6.45, 7) is 5.94. The molecule has 9 heteroatoms. The van der Waals surface area contributed by atoms with Gasteiger partial charge in [0.15, 0.2) is 17.1 Å². The summed E-state index contributed by atoms with van der Waals surface area (Å²) in [6, 6.07) is 21.0. The molecule has 3 aromatic carbocycles. The van der Waals surface area contributed by atoms with Crippen LogP contribution >= 0.6 is 39.3 Å². The van der Waals surface area contributed by atoms with Crippen molar-refractivity contribution in [3.8, 4) is 11.4 Å². The Morgan fingerprint density at radius 3 is 2.51 bits per heavy atom. The fourth-order valence-electron chi connectivity index (χ4n) is 3.43. The first-order chi connectivity index (χ1) is 16.8. The van der Waals surface area contributed by atoms with Crippen molar-refractivity contribution in [2.75, 3.05) is 11.1 Å². The van der Waals surface area contributed by atoms with E-state index in [4.69, 9.17) is 16.3 Å². The standard InChI is InChI=1S/C26H24BrClN4O2S/c1-16-13-20(27)22(14-17(16)2)29-24(33)15-35-26-31-30-25(32(26)19-9-5-4-6-10-19)18(3)34-23-12-8-7-11-21(23)28/h4-14,18H,15H2,1-3H3,(H,29,33). The van der Waals surface area contributed by atoms with Gasteiger partial charge in [-0.05, 0) is 84.2 Å². The van der Waals surface area contributed by atoms with Crippen LogP contribution in [0.5, 0.6) is 5.75 Å². The Hall–Kier alpha value is -2.81. The SMILES string of the molecule is Cc1cc(Br)c(NC(=O)CSc2nnc(C(C)Oc3ccccc3Cl)n2-c2ccccc2)cc1C. The Bertz CT molecular complexity index is 1350. The van der Waals surface area contributed by atoms with Crippen LogP contribution in [-0.2, 0) is 4.79 Å². The summed E-state index contributed by atoms with van der Waals surface area (Å²) in [4.78, 5) is 12.8. The molecule has 0 bridgehead atoms. The third-order valence-electron chi connectivity index (χ3n) is 5.37. The van der Waals surface area contributed by atoms with Crippen LogP contribution < -0.4 is 10.1 Å². The molecule has 0 radical (unpaired) electrons. The monoisotopic (exact) mass is 570 g/mol. The summed E-state index contributed by atoms with van der Waals surface area (Å²) in [5.41, 5.74) is 3.88. The highest BCUT2D eigenvalue weighted by atomic mass is 79.9. The van der Waals surface area contributed by atoms with E-state index >= 15 is 0 Å². The molecule has 1 atom stereocenters. The number of carbonyl (C=O) groups excluding carboxylic acids is 1. The Morgan fingerprint density at radius 1 is 1.09 bits per heavy atom. The molecule has 1 N–H and O–H groups in total. The van der Waals surface area contributed by atoms with E-state index in [9.17, 15) is 4.79 Å². The van der Waals surface area contributed by atoms with Crippen LogP contribution in [0.1, 0.15) is 30.0 Å². The van der Waals surface area contributed by atoms with Gasteiger partial charge in [0, 0.05) is 10.2 Å². The van der Waals surface area contributed by atoms with Gasteiger partial charge in [-0.2, -0.15) is 0 Å². The van der Waals surface area contributed by atoms with Crippen molar-refractivity contribution in [3.63, 3.8) is 0 Å². The summed E-state index contributed by atoms with van der Waals surface area (Å²) in [5.74, 6) is 1.21. The summed E-state index contributed by atoms with van der Waals surface area (Å²) in [6.07, 6.45) is -0.433. The van der Waals surface area contributed by atoms with Crippen molar-refractivity contribution in [1.82, 2.24) is 14.8 Å². The van der Waals surface area contributed by atoms with E-state index in [0.29, 0.717) is 21.8 Å². The minimum absolute atomic E-state index is 0.136. The van der Waals surface area contributed by atoms with Gasteiger partial charge in [0.1, 0.15) is 5.75 Å². The minimum atomic E-state index is -0.433. The van der Waals surface area contributed by atoms with Gasteiger partial charge < -0.3 is 10.1 Å². The molecular weight excluding hydrogens is 548 g/mol. The van der Waals surface area contributed by atoms with Crippen LogP contribution in [-0.4, -0.2) is 26.4 Å². The zero-order chi connectivity index (χ0) is 24.9. The summed E-state index contributed by atoms with van der Waals surface area (Å²) >= 11 is 11.1. The Labute approximate surface area is 222 Å². The molecule has 0 saturated heterocycles. The van der Waals surface area contributed by atoms with Crippen molar-refractivity contribution in [3.05, 3.63) is 93.2 Å². The smallest absolute Gasteiger partial charge is 0.234 e. The highest BCUT2D eigenvalue weighted by Crippen LogP contribution is 2.31. The van der Waals surface area contributed by atoms with E-state index in [1.54, 1.807) is 6.07 Å². The number of nitrogens with one attached hydrogen (secondary N) is 1. The number of para-hydroxylation sites is 2. The van der Waals surface area contributed by atoms with Crippen molar-refractivity contribution in [2.45, 2.75) is 32.0 Å². The molecule has 6 nitrogen and oxygen atoms in total. The number of nitrogens with zero attached hydrogens (tertiary/aromatic N) is 3. The number of aryl methyl sites for hydroxylation is 2. The first-order valence-corrected chi connectivity index (χ1v) is 13.1. The van der Waals surface area contributed by atoms with E-state index in [1.807, 2.05) is 86.0 Å². The molecule has 0 aliphatic rings. The lowest BCUT2D eigenvalue weighted by atomic mass is 10.1. The van der Waals surface area contributed by atoms with Crippen LogP contribution in [0.2, 0.25) is 5.02 Å². The van der Waals surface area contributed by atoms with Gasteiger partial charge in [0.05, 0.1) is 16.5 Å². The van der Waals surface area contributed by atoms with Crippen LogP contribution in [0.25, 0.3) is 5.69 Å². The lowest BCUT2D eigenvalue weighted by Gasteiger charge is -2.17. The Morgan fingerprint density at radius 2 is 1.77 bits per heavy atom. The first-order valence-electron chi connectivity index (χ1n) is 10.9. The molecule has 35 heavy (non-hydrogen) atoms. The van der Waals surface area contributed by atoms with Crippen molar-refractivity contribution < 1.29 is 9.53 Å². The van der Waals surface area contributed by atoms with Crippen molar-refractivity contribution >= 4 is 50.9 Å². The Kier molecular flexibility index (Phi) is 8.15. The molecule has 0 aliphatic carbocycles. The van der Waals surface area contributed by atoms with Gasteiger partial charge in [-0.15, -0.1) is 10.2 Å². The quantitative estimate of drug-likeness (QED) is 0.227. The number of aromatic nitrogens is 3. The van der Waals surface area contributed by atoms with Gasteiger partial charge in [0.2, 0.25) is 5.91 Å². The van der Waals surface area contributed by atoms with Gasteiger partial charge in [-0.3, -0.25) is 9.36 Å². The molecule has 0 saturated carbocycles. The third-order valence-corrected chi connectivity index (χ3v) is 7.26.